The topological polar surface area (TPSA) is 40.9 Å². The lowest BCUT2D eigenvalue weighted by molar-refractivity contribution is 0.103. The molecular formula is C19H15NO. The van der Waals surface area contributed by atoms with E-state index in [9.17, 15) is 4.79 Å². The molecule has 0 saturated carbocycles. The van der Waals surface area contributed by atoms with Crippen molar-refractivity contribution in [2.45, 2.75) is 19.3 Å². The van der Waals surface area contributed by atoms with E-state index in [0.29, 0.717) is 5.56 Å². The van der Waals surface area contributed by atoms with Gasteiger partial charge in [0.25, 0.3) is 0 Å². The first-order valence-electron chi connectivity index (χ1n) is 7.11. The Hall–Kier alpha value is -2.66. The predicted molar refractivity (Wildman–Crippen MR) is 82.8 cm³/mol. The van der Waals surface area contributed by atoms with Crippen LogP contribution in [0.25, 0.3) is 6.08 Å². The number of nitrogens with zero attached hydrogens (tertiary/aromatic N) is 1. The molecule has 0 aromatic heterocycles. The van der Waals surface area contributed by atoms with Crippen molar-refractivity contribution in [2.24, 2.45) is 0 Å². The Morgan fingerprint density at radius 1 is 1.00 bits per heavy atom. The zero-order valence-electron chi connectivity index (χ0n) is 11.7. The summed E-state index contributed by atoms with van der Waals surface area (Å²) in [7, 11) is 0. The fourth-order valence-corrected chi connectivity index (χ4v) is 2.71. The van der Waals surface area contributed by atoms with Crippen LogP contribution in [-0.4, -0.2) is 5.78 Å². The van der Waals surface area contributed by atoms with Crippen LogP contribution in [0.2, 0.25) is 0 Å². The van der Waals surface area contributed by atoms with Crippen molar-refractivity contribution in [1.82, 2.24) is 0 Å². The highest BCUT2D eigenvalue weighted by atomic mass is 16.1. The SMILES string of the molecule is N#Cc1ccc(/C=C2/CCCc3ccccc3C2=O)cc1. The van der Waals surface area contributed by atoms with Gasteiger partial charge in [-0.2, -0.15) is 5.26 Å². The number of Topliss-reactive ketones (excluding diaryl/α,β-unsaturated/α-hetero) is 1. The second-order valence-corrected chi connectivity index (χ2v) is 5.24. The number of fused-ring (bicyclic) bond motifs is 1. The van der Waals surface area contributed by atoms with Crippen molar-refractivity contribution in [3.63, 3.8) is 0 Å². The van der Waals surface area contributed by atoms with Gasteiger partial charge in [0.05, 0.1) is 11.6 Å². The Balaban J connectivity index is 1.96. The van der Waals surface area contributed by atoms with Crippen molar-refractivity contribution in [3.05, 3.63) is 76.4 Å². The second kappa shape index (κ2) is 5.76. The molecule has 2 nitrogen and oxygen atoms in total. The van der Waals surface area contributed by atoms with Crippen LogP contribution < -0.4 is 0 Å². The number of aryl methyl sites for hydroxylation is 1. The molecule has 2 heteroatoms. The number of ketones is 1. The van der Waals surface area contributed by atoms with E-state index in [1.165, 1.54) is 0 Å². The molecule has 102 valence electrons. The first kappa shape index (κ1) is 13.3. The van der Waals surface area contributed by atoms with Crippen LogP contribution in [0.4, 0.5) is 0 Å². The number of hydrogen-bond donors (Lipinski definition) is 0. The summed E-state index contributed by atoms with van der Waals surface area (Å²) in [6.07, 6.45) is 4.69. The van der Waals surface area contributed by atoms with Gasteiger partial charge < -0.3 is 0 Å². The summed E-state index contributed by atoms with van der Waals surface area (Å²) < 4.78 is 0. The van der Waals surface area contributed by atoms with Crippen LogP contribution in [0, 0.1) is 11.3 Å². The number of nitriles is 1. The minimum Gasteiger partial charge on any atom is -0.289 e. The Morgan fingerprint density at radius 3 is 2.52 bits per heavy atom. The molecule has 0 bridgehead atoms. The van der Waals surface area contributed by atoms with Gasteiger partial charge in [0.2, 0.25) is 0 Å². The van der Waals surface area contributed by atoms with Gasteiger partial charge in [0.1, 0.15) is 0 Å². The maximum atomic E-state index is 12.6. The predicted octanol–water partition coefficient (Wildman–Crippen LogP) is 4.16. The molecule has 0 heterocycles. The number of hydrogen-bond acceptors (Lipinski definition) is 2. The van der Waals surface area contributed by atoms with Crippen LogP contribution in [0.15, 0.2) is 54.1 Å². The fraction of sp³-hybridized carbons (Fsp3) is 0.158. The molecule has 1 aliphatic carbocycles. The van der Waals surface area contributed by atoms with Gasteiger partial charge in [-0.05, 0) is 48.6 Å². The van der Waals surface area contributed by atoms with Crippen molar-refractivity contribution < 1.29 is 4.79 Å². The third kappa shape index (κ3) is 2.78. The highest BCUT2D eigenvalue weighted by Gasteiger charge is 2.19. The molecule has 0 fully saturated rings. The number of allylic oxidation sites excluding steroid dienone is 1. The van der Waals surface area contributed by atoms with Crippen molar-refractivity contribution in [3.8, 4) is 6.07 Å². The number of benzene rings is 2. The molecule has 0 spiro atoms. The van der Waals surface area contributed by atoms with Crippen LogP contribution in [0.3, 0.4) is 0 Å². The molecule has 1 aliphatic rings. The number of carbonyl (C=O) groups excluding carboxylic acids is 1. The molecule has 0 aliphatic heterocycles. The minimum absolute atomic E-state index is 0.132. The maximum Gasteiger partial charge on any atom is 0.189 e. The molecule has 0 unspecified atom stereocenters. The zero-order chi connectivity index (χ0) is 14.7. The summed E-state index contributed by atoms with van der Waals surface area (Å²) in [4.78, 5) is 12.6. The molecule has 0 saturated heterocycles. The molecule has 0 atom stereocenters. The number of rotatable bonds is 1. The van der Waals surface area contributed by atoms with Crippen LogP contribution in [-0.2, 0) is 6.42 Å². The van der Waals surface area contributed by atoms with Crippen LogP contribution in [0.1, 0.15) is 39.9 Å². The Morgan fingerprint density at radius 2 is 1.76 bits per heavy atom. The van der Waals surface area contributed by atoms with E-state index in [2.05, 4.69) is 6.07 Å². The van der Waals surface area contributed by atoms with Crippen LogP contribution >= 0.6 is 0 Å². The summed E-state index contributed by atoms with van der Waals surface area (Å²) in [5, 5.41) is 8.82. The van der Waals surface area contributed by atoms with Gasteiger partial charge in [-0.25, -0.2) is 0 Å². The average Bonchev–Trinajstić information content (AvgIpc) is 2.69. The minimum atomic E-state index is 0.132. The Bertz CT molecular complexity index is 748. The summed E-state index contributed by atoms with van der Waals surface area (Å²) >= 11 is 0. The Kier molecular flexibility index (Phi) is 3.66. The summed E-state index contributed by atoms with van der Waals surface area (Å²) in [6, 6.07) is 17.3. The van der Waals surface area contributed by atoms with Gasteiger partial charge in [-0.15, -0.1) is 0 Å². The van der Waals surface area contributed by atoms with Gasteiger partial charge in [0.15, 0.2) is 5.78 Å². The highest BCUT2D eigenvalue weighted by Crippen LogP contribution is 2.25. The molecule has 3 rings (SSSR count). The molecule has 2 aromatic carbocycles. The molecule has 0 N–H and O–H groups in total. The first-order valence-corrected chi connectivity index (χ1v) is 7.11. The van der Waals surface area contributed by atoms with E-state index in [-0.39, 0.29) is 5.78 Å². The standard InChI is InChI=1S/C19H15NO/c20-13-15-10-8-14(9-11-15)12-17-6-3-5-16-4-1-2-7-18(16)19(17)21/h1-2,4,7-12H,3,5-6H2/b17-12-. The van der Waals surface area contributed by atoms with E-state index in [4.69, 9.17) is 5.26 Å². The smallest absolute Gasteiger partial charge is 0.189 e. The second-order valence-electron chi connectivity index (χ2n) is 5.24. The van der Waals surface area contributed by atoms with E-state index >= 15 is 0 Å². The van der Waals surface area contributed by atoms with Crippen molar-refractivity contribution >= 4 is 11.9 Å². The van der Waals surface area contributed by atoms with E-state index in [1.807, 2.05) is 42.5 Å². The van der Waals surface area contributed by atoms with E-state index in [0.717, 1.165) is 41.5 Å². The summed E-state index contributed by atoms with van der Waals surface area (Å²) in [6.45, 7) is 0. The quantitative estimate of drug-likeness (QED) is 0.578. The Labute approximate surface area is 124 Å². The molecular weight excluding hydrogens is 258 g/mol. The van der Waals surface area contributed by atoms with Gasteiger partial charge in [-0.1, -0.05) is 36.4 Å². The van der Waals surface area contributed by atoms with Gasteiger partial charge >= 0.3 is 0 Å². The lowest BCUT2D eigenvalue weighted by atomic mass is 9.98. The fourth-order valence-electron chi connectivity index (χ4n) is 2.71. The number of carbonyl (C=O) groups is 1. The normalized spacial score (nSPS) is 16.1. The van der Waals surface area contributed by atoms with E-state index < -0.39 is 0 Å². The third-order valence-electron chi connectivity index (χ3n) is 3.83. The van der Waals surface area contributed by atoms with Gasteiger partial charge in [-0.3, -0.25) is 4.79 Å². The van der Waals surface area contributed by atoms with Crippen molar-refractivity contribution in [2.75, 3.05) is 0 Å². The van der Waals surface area contributed by atoms with E-state index in [1.54, 1.807) is 12.1 Å². The first-order chi connectivity index (χ1) is 10.3. The molecule has 0 amide bonds. The largest absolute Gasteiger partial charge is 0.289 e. The summed E-state index contributed by atoms with van der Waals surface area (Å²) in [5.74, 6) is 0.132. The third-order valence-corrected chi connectivity index (χ3v) is 3.83. The highest BCUT2D eigenvalue weighted by molar-refractivity contribution is 6.12. The lowest BCUT2D eigenvalue weighted by Crippen LogP contribution is -2.03. The van der Waals surface area contributed by atoms with Gasteiger partial charge in [0, 0.05) is 11.1 Å². The summed E-state index contributed by atoms with van der Waals surface area (Å²) in [5.41, 5.74) is 4.43. The van der Waals surface area contributed by atoms with Crippen molar-refractivity contribution in [1.29, 1.82) is 5.26 Å². The zero-order valence-corrected chi connectivity index (χ0v) is 11.7. The molecule has 2 aromatic rings. The lowest BCUT2D eigenvalue weighted by Gasteiger charge is -2.05. The van der Waals surface area contributed by atoms with Crippen LogP contribution in [0.5, 0.6) is 0 Å². The molecule has 21 heavy (non-hydrogen) atoms. The monoisotopic (exact) mass is 273 g/mol. The maximum absolute atomic E-state index is 12.6. The average molecular weight is 273 g/mol. The molecule has 0 radical (unpaired) electrons.